The fourth-order valence-corrected chi connectivity index (χ4v) is 2.97. The van der Waals surface area contributed by atoms with Crippen molar-refractivity contribution in [2.75, 3.05) is 0 Å². The number of aromatic amines is 1. The standard InChI is InChI=1S/C15H14BrClN4O2/c1-2-7-20-12-11(18-14(16)19-12)13(22)21(15(20)23)8-9-3-5-10(17)6-4-9/h3-6H,2,7-8H2,1H3,(H,18,19). The van der Waals surface area contributed by atoms with E-state index in [1.807, 2.05) is 6.92 Å². The van der Waals surface area contributed by atoms with Crippen molar-refractivity contribution in [3.8, 4) is 0 Å². The number of H-pyrrole nitrogens is 1. The van der Waals surface area contributed by atoms with Gasteiger partial charge in [-0.15, -0.1) is 0 Å². The van der Waals surface area contributed by atoms with Crippen molar-refractivity contribution in [1.29, 1.82) is 0 Å². The first-order valence-electron chi connectivity index (χ1n) is 7.14. The minimum absolute atomic E-state index is 0.186. The number of rotatable bonds is 4. The number of hydrogen-bond acceptors (Lipinski definition) is 3. The Morgan fingerprint density at radius 3 is 2.57 bits per heavy atom. The van der Waals surface area contributed by atoms with Crippen molar-refractivity contribution in [2.45, 2.75) is 26.4 Å². The Hall–Kier alpha value is -1.86. The number of aromatic nitrogens is 4. The smallest absolute Gasteiger partial charge is 0.327 e. The van der Waals surface area contributed by atoms with Crippen LogP contribution in [-0.2, 0) is 13.1 Å². The Balaban J connectivity index is 2.21. The lowest BCUT2D eigenvalue weighted by atomic mass is 10.2. The van der Waals surface area contributed by atoms with E-state index >= 15 is 0 Å². The van der Waals surface area contributed by atoms with Gasteiger partial charge in [-0.25, -0.2) is 9.78 Å². The topological polar surface area (TPSA) is 72.7 Å². The summed E-state index contributed by atoms with van der Waals surface area (Å²) in [5.74, 6) is 0. The molecule has 0 aliphatic rings. The van der Waals surface area contributed by atoms with Crippen LogP contribution in [0.4, 0.5) is 0 Å². The zero-order valence-corrected chi connectivity index (χ0v) is 14.7. The van der Waals surface area contributed by atoms with Gasteiger partial charge in [-0.2, -0.15) is 0 Å². The van der Waals surface area contributed by atoms with Crippen molar-refractivity contribution in [3.63, 3.8) is 0 Å². The number of hydrogen-bond donors (Lipinski definition) is 1. The van der Waals surface area contributed by atoms with Crippen LogP contribution >= 0.6 is 27.5 Å². The second-order valence-electron chi connectivity index (χ2n) is 5.18. The summed E-state index contributed by atoms with van der Waals surface area (Å²) in [7, 11) is 0. The number of nitrogens with one attached hydrogen (secondary N) is 1. The van der Waals surface area contributed by atoms with Gasteiger partial charge in [0.25, 0.3) is 5.56 Å². The third kappa shape index (κ3) is 2.98. The van der Waals surface area contributed by atoms with E-state index < -0.39 is 0 Å². The maximum atomic E-state index is 12.7. The molecule has 0 aliphatic heterocycles. The molecule has 0 saturated heterocycles. The van der Waals surface area contributed by atoms with Gasteiger partial charge in [0.2, 0.25) is 0 Å². The number of imidazole rings is 1. The van der Waals surface area contributed by atoms with E-state index in [9.17, 15) is 9.59 Å². The quantitative estimate of drug-likeness (QED) is 0.688. The fraction of sp³-hybridized carbons (Fsp3) is 0.267. The van der Waals surface area contributed by atoms with Crippen LogP contribution in [0.2, 0.25) is 5.02 Å². The molecular weight excluding hydrogens is 384 g/mol. The summed E-state index contributed by atoms with van der Waals surface area (Å²) in [5.41, 5.74) is 0.776. The van der Waals surface area contributed by atoms with E-state index in [1.54, 1.807) is 24.3 Å². The molecule has 0 bridgehead atoms. The molecular formula is C15H14BrClN4O2. The zero-order valence-electron chi connectivity index (χ0n) is 12.3. The van der Waals surface area contributed by atoms with Gasteiger partial charge in [0.15, 0.2) is 15.9 Å². The van der Waals surface area contributed by atoms with E-state index in [-0.39, 0.29) is 17.8 Å². The van der Waals surface area contributed by atoms with Crippen LogP contribution in [0.1, 0.15) is 18.9 Å². The Labute approximate surface area is 144 Å². The lowest BCUT2D eigenvalue weighted by Gasteiger charge is -2.10. The molecule has 0 aliphatic carbocycles. The summed E-state index contributed by atoms with van der Waals surface area (Å²) >= 11 is 9.09. The second kappa shape index (κ2) is 6.33. The fourth-order valence-electron chi connectivity index (χ4n) is 2.48. The van der Waals surface area contributed by atoms with Crippen LogP contribution in [0.5, 0.6) is 0 Å². The highest BCUT2D eigenvalue weighted by Crippen LogP contribution is 2.12. The molecule has 120 valence electrons. The van der Waals surface area contributed by atoms with Crippen molar-refractivity contribution in [3.05, 3.63) is 60.4 Å². The maximum Gasteiger partial charge on any atom is 0.333 e. The molecule has 1 aromatic carbocycles. The summed E-state index contributed by atoms with van der Waals surface area (Å²) in [5, 5.41) is 0.609. The van der Waals surface area contributed by atoms with Crippen LogP contribution in [0.25, 0.3) is 11.2 Å². The number of aryl methyl sites for hydroxylation is 1. The van der Waals surface area contributed by atoms with Gasteiger partial charge in [0, 0.05) is 11.6 Å². The largest absolute Gasteiger partial charge is 0.333 e. The number of nitrogens with zero attached hydrogens (tertiary/aromatic N) is 3. The first-order chi connectivity index (χ1) is 11.0. The van der Waals surface area contributed by atoms with E-state index in [0.29, 0.717) is 27.5 Å². The van der Waals surface area contributed by atoms with E-state index in [4.69, 9.17) is 11.6 Å². The minimum atomic E-state index is -0.384. The van der Waals surface area contributed by atoms with E-state index in [1.165, 1.54) is 9.13 Å². The van der Waals surface area contributed by atoms with Crippen LogP contribution in [0, 0.1) is 0 Å². The predicted molar refractivity (Wildman–Crippen MR) is 93.2 cm³/mol. The SMILES string of the molecule is CCCn1c(=O)n(Cc2ccc(Cl)cc2)c(=O)c2[nH]c(Br)nc21. The van der Waals surface area contributed by atoms with Crippen LogP contribution in [0.3, 0.4) is 0 Å². The Morgan fingerprint density at radius 2 is 1.91 bits per heavy atom. The number of fused-ring (bicyclic) bond motifs is 1. The highest BCUT2D eigenvalue weighted by atomic mass is 79.9. The molecule has 8 heteroatoms. The molecule has 0 saturated carbocycles. The summed E-state index contributed by atoms with van der Waals surface area (Å²) in [4.78, 5) is 32.4. The van der Waals surface area contributed by atoms with Gasteiger partial charge in [-0.1, -0.05) is 30.7 Å². The van der Waals surface area contributed by atoms with Crippen LogP contribution < -0.4 is 11.2 Å². The first kappa shape index (κ1) is 16.0. The van der Waals surface area contributed by atoms with Crippen LogP contribution in [-0.4, -0.2) is 19.1 Å². The molecule has 0 fully saturated rings. The monoisotopic (exact) mass is 396 g/mol. The average Bonchev–Trinajstić information content (AvgIpc) is 2.92. The maximum absolute atomic E-state index is 12.7. The summed E-state index contributed by atoms with van der Waals surface area (Å²) in [6.45, 7) is 2.65. The Kier molecular flexibility index (Phi) is 4.41. The summed E-state index contributed by atoms with van der Waals surface area (Å²) < 4.78 is 3.16. The molecule has 0 radical (unpaired) electrons. The third-order valence-electron chi connectivity index (χ3n) is 3.53. The van der Waals surface area contributed by atoms with Crippen LogP contribution in [0.15, 0.2) is 38.6 Å². The highest BCUT2D eigenvalue weighted by molar-refractivity contribution is 9.10. The third-order valence-corrected chi connectivity index (χ3v) is 4.16. The van der Waals surface area contributed by atoms with Crippen molar-refractivity contribution in [2.24, 2.45) is 0 Å². The summed E-state index contributed by atoms with van der Waals surface area (Å²) in [6, 6.07) is 7.06. The molecule has 0 unspecified atom stereocenters. The van der Waals surface area contributed by atoms with Crippen molar-refractivity contribution < 1.29 is 0 Å². The molecule has 0 atom stereocenters. The average molecular weight is 398 g/mol. The molecule has 1 N–H and O–H groups in total. The molecule has 6 nitrogen and oxygen atoms in total. The lowest BCUT2D eigenvalue weighted by molar-refractivity contribution is 0.589. The van der Waals surface area contributed by atoms with E-state index in [0.717, 1.165) is 12.0 Å². The van der Waals surface area contributed by atoms with Gasteiger partial charge in [0.05, 0.1) is 6.54 Å². The van der Waals surface area contributed by atoms with Gasteiger partial charge >= 0.3 is 5.69 Å². The second-order valence-corrected chi connectivity index (χ2v) is 6.37. The normalized spacial score (nSPS) is 11.3. The molecule has 2 aromatic heterocycles. The minimum Gasteiger partial charge on any atom is -0.327 e. The Bertz CT molecular complexity index is 972. The predicted octanol–water partition coefficient (Wildman–Crippen LogP) is 2.76. The molecule has 0 spiro atoms. The van der Waals surface area contributed by atoms with E-state index in [2.05, 4.69) is 25.9 Å². The van der Waals surface area contributed by atoms with Crippen molar-refractivity contribution >= 4 is 38.7 Å². The summed E-state index contributed by atoms with van der Waals surface area (Å²) in [6.07, 6.45) is 0.763. The molecule has 3 aromatic rings. The zero-order chi connectivity index (χ0) is 16.6. The molecule has 23 heavy (non-hydrogen) atoms. The van der Waals surface area contributed by atoms with Gasteiger partial charge in [-0.3, -0.25) is 13.9 Å². The van der Waals surface area contributed by atoms with Gasteiger partial charge in [-0.05, 0) is 40.0 Å². The molecule has 0 amide bonds. The number of halogens is 2. The Morgan fingerprint density at radius 1 is 1.22 bits per heavy atom. The molecule has 2 heterocycles. The molecule has 3 rings (SSSR count). The number of benzene rings is 1. The highest BCUT2D eigenvalue weighted by Gasteiger charge is 2.16. The van der Waals surface area contributed by atoms with Crippen molar-refractivity contribution in [1.82, 2.24) is 19.1 Å². The first-order valence-corrected chi connectivity index (χ1v) is 8.31. The van der Waals surface area contributed by atoms with Gasteiger partial charge in [0.1, 0.15) is 0 Å². The van der Waals surface area contributed by atoms with Gasteiger partial charge < -0.3 is 4.98 Å². The lowest BCUT2D eigenvalue weighted by Crippen LogP contribution is -2.40.